The van der Waals surface area contributed by atoms with Crippen molar-refractivity contribution in [2.45, 2.75) is 18.5 Å². The minimum Gasteiger partial charge on any atom is -0.309 e. The molecular formula is C19H18N4O3S. The predicted octanol–water partition coefficient (Wildman–Crippen LogP) is 3.60. The molecule has 1 heterocycles. The molecule has 27 heavy (non-hydrogen) atoms. The first kappa shape index (κ1) is 18.8. The number of nitro benzene ring substituents is 1. The smallest absolute Gasteiger partial charge is 0.273 e. The van der Waals surface area contributed by atoms with Crippen LogP contribution in [-0.2, 0) is 13.5 Å². The highest BCUT2D eigenvalue weighted by molar-refractivity contribution is 7.99. The topological polar surface area (TPSA) is 90.9 Å². The quantitative estimate of drug-likeness (QED) is 0.268. The Labute approximate surface area is 160 Å². The minimum absolute atomic E-state index is 0.0466. The van der Waals surface area contributed by atoms with Gasteiger partial charge in [0.15, 0.2) is 10.9 Å². The van der Waals surface area contributed by atoms with E-state index in [2.05, 4.69) is 10.2 Å². The first-order chi connectivity index (χ1) is 13.0. The zero-order valence-electron chi connectivity index (χ0n) is 15.0. The Morgan fingerprint density at radius 2 is 1.93 bits per heavy atom. The molecule has 0 amide bonds. The maximum absolute atomic E-state index is 12.4. The first-order valence-corrected chi connectivity index (χ1v) is 9.27. The van der Waals surface area contributed by atoms with Gasteiger partial charge >= 0.3 is 0 Å². The summed E-state index contributed by atoms with van der Waals surface area (Å²) in [5, 5.41) is 20.0. The lowest BCUT2D eigenvalue weighted by Gasteiger charge is -2.05. The van der Waals surface area contributed by atoms with Gasteiger partial charge in [-0.05, 0) is 12.5 Å². The number of nitro groups is 1. The predicted molar refractivity (Wildman–Crippen MR) is 103 cm³/mol. The minimum atomic E-state index is -0.474. The van der Waals surface area contributed by atoms with Crippen LogP contribution >= 0.6 is 11.8 Å². The van der Waals surface area contributed by atoms with E-state index in [0.29, 0.717) is 22.7 Å². The van der Waals surface area contributed by atoms with Crippen molar-refractivity contribution in [1.82, 2.24) is 14.8 Å². The Kier molecular flexibility index (Phi) is 5.66. The molecule has 0 aliphatic rings. The lowest BCUT2D eigenvalue weighted by Crippen LogP contribution is -2.06. The molecule has 0 saturated heterocycles. The SMILES string of the molecule is Cc1ccc(C(=O)CSc2nnc(Cc3ccccc3)n2C)cc1[N+](=O)[O-]. The third-order valence-electron chi connectivity index (χ3n) is 4.19. The van der Waals surface area contributed by atoms with Crippen LogP contribution in [0.1, 0.15) is 27.3 Å². The Morgan fingerprint density at radius 1 is 1.19 bits per heavy atom. The van der Waals surface area contributed by atoms with Gasteiger partial charge in [0, 0.05) is 30.7 Å². The number of Topliss-reactive ketones (excluding diaryl/α,β-unsaturated/α-hetero) is 1. The molecule has 0 atom stereocenters. The van der Waals surface area contributed by atoms with E-state index in [1.54, 1.807) is 19.1 Å². The number of hydrogen-bond acceptors (Lipinski definition) is 6. The van der Waals surface area contributed by atoms with Crippen LogP contribution in [0, 0.1) is 17.0 Å². The zero-order chi connectivity index (χ0) is 19.4. The first-order valence-electron chi connectivity index (χ1n) is 8.29. The molecule has 0 saturated carbocycles. The van der Waals surface area contributed by atoms with Gasteiger partial charge < -0.3 is 4.57 Å². The molecule has 3 rings (SSSR count). The monoisotopic (exact) mass is 382 g/mol. The van der Waals surface area contributed by atoms with Crippen molar-refractivity contribution in [3.8, 4) is 0 Å². The number of carbonyl (C=O) groups is 1. The molecular weight excluding hydrogens is 364 g/mol. The normalized spacial score (nSPS) is 10.7. The van der Waals surface area contributed by atoms with Gasteiger partial charge in [-0.25, -0.2) is 0 Å². The van der Waals surface area contributed by atoms with E-state index in [-0.39, 0.29) is 17.2 Å². The molecule has 1 aromatic heterocycles. The molecule has 0 bridgehead atoms. The van der Waals surface area contributed by atoms with Gasteiger partial charge in [0.25, 0.3) is 5.69 Å². The van der Waals surface area contributed by atoms with Crippen molar-refractivity contribution >= 4 is 23.2 Å². The number of rotatable bonds is 7. The van der Waals surface area contributed by atoms with Crippen LogP contribution in [0.5, 0.6) is 0 Å². The lowest BCUT2D eigenvalue weighted by atomic mass is 10.1. The van der Waals surface area contributed by atoms with E-state index < -0.39 is 4.92 Å². The largest absolute Gasteiger partial charge is 0.309 e. The highest BCUT2D eigenvalue weighted by atomic mass is 32.2. The average Bonchev–Trinajstić information content (AvgIpc) is 3.00. The van der Waals surface area contributed by atoms with E-state index in [0.717, 1.165) is 11.4 Å². The Morgan fingerprint density at radius 3 is 2.63 bits per heavy atom. The summed E-state index contributed by atoms with van der Waals surface area (Å²) in [7, 11) is 1.86. The molecule has 0 fully saturated rings. The van der Waals surface area contributed by atoms with Crippen LogP contribution in [-0.4, -0.2) is 31.2 Å². The van der Waals surface area contributed by atoms with Gasteiger partial charge in [0.05, 0.1) is 10.7 Å². The Balaban J connectivity index is 1.68. The number of aryl methyl sites for hydroxylation is 1. The molecule has 0 unspecified atom stereocenters. The average molecular weight is 382 g/mol. The summed E-state index contributed by atoms with van der Waals surface area (Å²) < 4.78 is 1.86. The standard InChI is InChI=1S/C19H18N4O3S/c1-13-8-9-15(11-16(13)23(25)26)17(24)12-27-19-21-20-18(22(19)2)10-14-6-4-3-5-7-14/h3-9,11H,10,12H2,1-2H3. The zero-order valence-corrected chi connectivity index (χ0v) is 15.8. The molecule has 138 valence electrons. The van der Waals surface area contributed by atoms with E-state index >= 15 is 0 Å². The fraction of sp³-hybridized carbons (Fsp3) is 0.211. The van der Waals surface area contributed by atoms with Crippen LogP contribution in [0.3, 0.4) is 0 Å². The second-order valence-electron chi connectivity index (χ2n) is 6.09. The molecule has 8 heteroatoms. The van der Waals surface area contributed by atoms with Gasteiger partial charge in [-0.1, -0.05) is 54.2 Å². The maximum atomic E-state index is 12.4. The summed E-state index contributed by atoms with van der Waals surface area (Å²) in [6, 6.07) is 14.5. The molecule has 7 nitrogen and oxygen atoms in total. The van der Waals surface area contributed by atoms with E-state index in [1.807, 2.05) is 41.9 Å². The van der Waals surface area contributed by atoms with Crippen LogP contribution in [0.25, 0.3) is 0 Å². The van der Waals surface area contributed by atoms with E-state index in [1.165, 1.54) is 17.8 Å². The number of nitrogens with zero attached hydrogens (tertiary/aromatic N) is 4. The number of hydrogen-bond donors (Lipinski definition) is 0. The highest BCUT2D eigenvalue weighted by Gasteiger charge is 2.17. The van der Waals surface area contributed by atoms with Gasteiger partial charge in [-0.3, -0.25) is 14.9 Å². The fourth-order valence-corrected chi connectivity index (χ4v) is 3.42. The van der Waals surface area contributed by atoms with Crippen LogP contribution < -0.4 is 0 Å². The van der Waals surface area contributed by atoms with Gasteiger partial charge in [0.2, 0.25) is 0 Å². The third kappa shape index (κ3) is 4.40. The number of ketones is 1. The Bertz CT molecular complexity index is 986. The molecule has 2 aromatic carbocycles. The summed E-state index contributed by atoms with van der Waals surface area (Å²) >= 11 is 1.27. The molecule has 3 aromatic rings. The molecule has 0 N–H and O–H groups in total. The second-order valence-corrected chi connectivity index (χ2v) is 7.03. The number of thioether (sulfide) groups is 1. The summed E-state index contributed by atoms with van der Waals surface area (Å²) in [6.07, 6.45) is 0.656. The van der Waals surface area contributed by atoms with E-state index in [9.17, 15) is 14.9 Å². The number of carbonyl (C=O) groups excluding carboxylic acids is 1. The van der Waals surface area contributed by atoms with Crippen molar-refractivity contribution in [3.63, 3.8) is 0 Å². The number of aromatic nitrogens is 3. The van der Waals surface area contributed by atoms with Crippen molar-refractivity contribution < 1.29 is 9.72 Å². The lowest BCUT2D eigenvalue weighted by molar-refractivity contribution is -0.385. The van der Waals surface area contributed by atoms with Gasteiger partial charge in [0.1, 0.15) is 5.82 Å². The van der Waals surface area contributed by atoms with Crippen LogP contribution in [0.4, 0.5) is 5.69 Å². The summed E-state index contributed by atoms with van der Waals surface area (Å²) in [6.45, 7) is 1.65. The maximum Gasteiger partial charge on any atom is 0.273 e. The Hall–Kier alpha value is -3.00. The van der Waals surface area contributed by atoms with Crippen molar-refractivity contribution in [1.29, 1.82) is 0 Å². The molecule has 0 aliphatic carbocycles. The van der Waals surface area contributed by atoms with Gasteiger partial charge in [-0.15, -0.1) is 10.2 Å². The molecule has 0 spiro atoms. The van der Waals surface area contributed by atoms with Crippen molar-refractivity contribution in [2.24, 2.45) is 7.05 Å². The van der Waals surface area contributed by atoms with Crippen LogP contribution in [0.2, 0.25) is 0 Å². The van der Waals surface area contributed by atoms with E-state index in [4.69, 9.17) is 0 Å². The summed E-state index contributed by atoms with van der Waals surface area (Å²) in [4.78, 5) is 23.0. The van der Waals surface area contributed by atoms with Crippen molar-refractivity contribution in [2.75, 3.05) is 5.75 Å². The summed E-state index contributed by atoms with van der Waals surface area (Å²) in [5.74, 6) is 0.759. The summed E-state index contributed by atoms with van der Waals surface area (Å²) in [5.41, 5.74) is 1.94. The highest BCUT2D eigenvalue weighted by Crippen LogP contribution is 2.22. The third-order valence-corrected chi connectivity index (χ3v) is 5.21. The van der Waals surface area contributed by atoms with Gasteiger partial charge in [-0.2, -0.15) is 0 Å². The van der Waals surface area contributed by atoms with Crippen LogP contribution in [0.15, 0.2) is 53.7 Å². The van der Waals surface area contributed by atoms with Crippen molar-refractivity contribution in [3.05, 3.63) is 81.2 Å². The number of benzene rings is 2. The second kappa shape index (κ2) is 8.13. The molecule has 0 radical (unpaired) electrons. The molecule has 0 aliphatic heterocycles. The fourth-order valence-electron chi connectivity index (χ4n) is 2.60.